The van der Waals surface area contributed by atoms with Gasteiger partial charge < -0.3 is 4.74 Å². The van der Waals surface area contributed by atoms with Crippen LogP contribution in [0.5, 0.6) is 5.75 Å². The second-order valence-corrected chi connectivity index (χ2v) is 7.64. The van der Waals surface area contributed by atoms with Crippen LogP contribution in [-0.2, 0) is 0 Å². The summed E-state index contributed by atoms with van der Waals surface area (Å²) < 4.78 is 8.15. The van der Waals surface area contributed by atoms with E-state index in [0.717, 1.165) is 0 Å². The molecular weight excluding hydrogens is 430 g/mol. The van der Waals surface area contributed by atoms with Gasteiger partial charge in [0.2, 0.25) is 0 Å². The lowest BCUT2D eigenvalue weighted by atomic mass is 10.1. The molecule has 0 radical (unpaired) electrons. The molecule has 0 aliphatic carbocycles. The number of aromatic nitrogens is 4. The van der Waals surface area contributed by atoms with Gasteiger partial charge in [0.1, 0.15) is 5.75 Å². The molecule has 8 nitrogen and oxygen atoms in total. The van der Waals surface area contributed by atoms with Gasteiger partial charge in [0.15, 0.2) is 5.82 Å². The first kappa shape index (κ1) is 21.1. The molecular formula is C26H21N5O3. The summed E-state index contributed by atoms with van der Waals surface area (Å²) >= 11 is 0. The number of fused-ring (bicyclic) bond motifs is 1. The SMILES string of the molecule is COc1ccccc1-c1nc2ccccc2c(=O)n1/N=C/c1c(C)[nH]n(-c2ccccc2)c1=O. The van der Waals surface area contributed by atoms with Gasteiger partial charge in [0.25, 0.3) is 11.1 Å². The van der Waals surface area contributed by atoms with Crippen molar-refractivity contribution in [1.29, 1.82) is 0 Å². The van der Waals surface area contributed by atoms with E-state index in [1.165, 1.54) is 15.6 Å². The van der Waals surface area contributed by atoms with E-state index in [1.807, 2.05) is 54.6 Å². The molecule has 5 aromatic rings. The molecule has 8 heteroatoms. The number of hydrogen-bond acceptors (Lipinski definition) is 5. The Balaban J connectivity index is 1.71. The lowest BCUT2D eigenvalue weighted by Crippen LogP contribution is -2.21. The summed E-state index contributed by atoms with van der Waals surface area (Å²) in [6.45, 7) is 1.78. The van der Waals surface area contributed by atoms with Crippen molar-refractivity contribution >= 4 is 17.1 Å². The Hall–Kier alpha value is -4.72. The largest absolute Gasteiger partial charge is 0.496 e. The summed E-state index contributed by atoms with van der Waals surface area (Å²) in [5.74, 6) is 0.867. The number of nitrogens with zero attached hydrogens (tertiary/aromatic N) is 4. The molecule has 0 spiro atoms. The molecule has 3 aromatic carbocycles. The fourth-order valence-corrected chi connectivity index (χ4v) is 3.82. The van der Waals surface area contributed by atoms with Crippen molar-refractivity contribution < 1.29 is 4.74 Å². The van der Waals surface area contributed by atoms with E-state index in [1.54, 1.807) is 38.3 Å². The van der Waals surface area contributed by atoms with E-state index in [-0.39, 0.29) is 11.1 Å². The highest BCUT2D eigenvalue weighted by Crippen LogP contribution is 2.28. The molecule has 0 aliphatic heterocycles. The molecule has 1 N–H and O–H groups in total. The van der Waals surface area contributed by atoms with Crippen molar-refractivity contribution in [2.45, 2.75) is 6.92 Å². The van der Waals surface area contributed by atoms with Crippen LogP contribution in [0.15, 0.2) is 93.6 Å². The fraction of sp³-hybridized carbons (Fsp3) is 0.0769. The predicted octanol–water partition coefficient (Wildman–Crippen LogP) is 3.74. The third kappa shape index (κ3) is 3.61. The minimum atomic E-state index is -0.348. The van der Waals surface area contributed by atoms with Crippen LogP contribution in [0.3, 0.4) is 0 Å². The van der Waals surface area contributed by atoms with Gasteiger partial charge >= 0.3 is 0 Å². The van der Waals surface area contributed by atoms with E-state index in [9.17, 15) is 9.59 Å². The van der Waals surface area contributed by atoms with Crippen molar-refractivity contribution in [3.05, 3.63) is 111 Å². The smallest absolute Gasteiger partial charge is 0.282 e. The van der Waals surface area contributed by atoms with Gasteiger partial charge in [-0.15, -0.1) is 0 Å². The van der Waals surface area contributed by atoms with E-state index >= 15 is 0 Å². The fourth-order valence-electron chi connectivity index (χ4n) is 3.82. The second kappa shape index (κ2) is 8.67. The lowest BCUT2D eigenvalue weighted by Gasteiger charge is -2.12. The predicted molar refractivity (Wildman–Crippen MR) is 132 cm³/mol. The number of aromatic amines is 1. The highest BCUT2D eigenvalue weighted by Gasteiger charge is 2.16. The van der Waals surface area contributed by atoms with Gasteiger partial charge in [-0.25, -0.2) is 9.67 Å². The van der Waals surface area contributed by atoms with Crippen LogP contribution < -0.4 is 15.9 Å². The summed E-state index contributed by atoms with van der Waals surface area (Å²) in [5, 5.41) is 7.92. The molecule has 0 fully saturated rings. The molecule has 0 bridgehead atoms. The minimum absolute atomic E-state index is 0.270. The molecule has 2 aromatic heterocycles. The highest BCUT2D eigenvalue weighted by molar-refractivity contribution is 5.83. The molecule has 5 rings (SSSR count). The summed E-state index contributed by atoms with van der Waals surface area (Å²) in [6, 6.07) is 23.6. The topological polar surface area (TPSA) is 94.3 Å². The second-order valence-electron chi connectivity index (χ2n) is 7.64. The zero-order chi connectivity index (χ0) is 23.7. The molecule has 0 amide bonds. The highest BCUT2D eigenvalue weighted by atomic mass is 16.5. The number of methoxy groups -OCH3 is 1. The van der Waals surface area contributed by atoms with Gasteiger partial charge in [-0.1, -0.05) is 42.5 Å². The summed E-state index contributed by atoms with van der Waals surface area (Å²) in [6.07, 6.45) is 1.39. The van der Waals surface area contributed by atoms with Crippen LogP contribution >= 0.6 is 0 Å². The van der Waals surface area contributed by atoms with Crippen molar-refractivity contribution in [2.24, 2.45) is 5.10 Å². The van der Waals surface area contributed by atoms with Crippen LogP contribution in [0, 0.1) is 6.92 Å². The van der Waals surface area contributed by atoms with E-state index in [2.05, 4.69) is 10.2 Å². The van der Waals surface area contributed by atoms with Crippen LogP contribution in [0.25, 0.3) is 28.0 Å². The third-order valence-corrected chi connectivity index (χ3v) is 5.54. The Morgan fingerprint density at radius 2 is 1.62 bits per heavy atom. The molecule has 34 heavy (non-hydrogen) atoms. The van der Waals surface area contributed by atoms with Gasteiger partial charge in [0, 0.05) is 5.69 Å². The van der Waals surface area contributed by atoms with Gasteiger partial charge in [-0.05, 0) is 43.3 Å². The van der Waals surface area contributed by atoms with E-state index in [4.69, 9.17) is 9.72 Å². The normalized spacial score (nSPS) is 11.4. The van der Waals surface area contributed by atoms with E-state index in [0.29, 0.717) is 45.0 Å². The monoisotopic (exact) mass is 451 g/mol. The van der Waals surface area contributed by atoms with Gasteiger partial charge in [-0.2, -0.15) is 9.78 Å². The average Bonchev–Trinajstić information content (AvgIpc) is 3.17. The number of benzene rings is 3. The number of nitrogens with one attached hydrogen (secondary N) is 1. The molecule has 168 valence electrons. The Morgan fingerprint density at radius 3 is 2.41 bits per heavy atom. The van der Waals surface area contributed by atoms with Crippen molar-refractivity contribution in [3.8, 4) is 22.8 Å². The van der Waals surface area contributed by atoms with Crippen LogP contribution in [-0.4, -0.2) is 32.8 Å². The molecule has 0 saturated carbocycles. The minimum Gasteiger partial charge on any atom is -0.496 e. The number of hydrogen-bond donors (Lipinski definition) is 1. The number of rotatable bonds is 5. The first-order valence-electron chi connectivity index (χ1n) is 10.6. The first-order chi connectivity index (χ1) is 16.6. The van der Waals surface area contributed by atoms with Gasteiger partial charge in [-0.3, -0.25) is 14.7 Å². The number of H-pyrrole nitrogens is 1. The summed E-state index contributed by atoms with van der Waals surface area (Å²) in [5.41, 5.74) is 2.21. The molecule has 0 unspecified atom stereocenters. The Morgan fingerprint density at radius 1 is 0.912 bits per heavy atom. The van der Waals surface area contributed by atoms with Gasteiger partial charge in [0.05, 0.1) is 41.0 Å². The van der Waals surface area contributed by atoms with E-state index < -0.39 is 0 Å². The quantitative estimate of drug-likeness (QED) is 0.412. The van der Waals surface area contributed by atoms with Crippen molar-refractivity contribution in [2.75, 3.05) is 7.11 Å². The lowest BCUT2D eigenvalue weighted by molar-refractivity contribution is 0.416. The standard InChI is InChI=1S/C26H21N5O3/c1-17-21(26(33)30(29-17)18-10-4-3-5-11-18)16-27-31-24(20-13-7-9-15-23(20)34-2)28-22-14-8-6-12-19(22)25(31)32/h3-16,29H,1-2H3/b27-16+. The number of aryl methyl sites for hydroxylation is 1. The summed E-state index contributed by atoms with van der Waals surface area (Å²) in [4.78, 5) is 31.2. The maximum atomic E-state index is 13.4. The molecule has 0 atom stereocenters. The average molecular weight is 451 g/mol. The maximum absolute atomic E-state index is 13.4. The van der Waals surface area contributed by atoms with Crippen molar-refractivity contribution in [3.63, 3.8) is 0 Å². The van der Waals surface area contributed by atoms with Crippen LogP contribution in [0.4, 0.5) is 0 Å². The van der Waals surface area contributed by atoms with Crippen LogP contribution in [0.1, 0.15) is 11.3 Å². The zero-order valence-electron chi connectivity index (χ0n) is 18.6. The summed E-state index contributed by atoms with van der Waals surface area (Å²) in [7, 11) is 1.56. The zero-order valence-corrected chi connectivity index (χ0v) is 18.6. The Kier molecular flexibility index (Phi) is 5.39. The van der Waals surface area contributed by atoms with Crippen LogP contribution in [0.2, 0.25) is 0 Å². The molecule has 0 aliphatic rings. The molecule has 2 heterocycles. The maximum Gasteiger partial charge on any atom is 0.282 e. The number of para-hydroxylation sites is 3. The Labute approximate surface area is 194 Å². The third-order valence-electron chi connectivity index (χ3n) is 5.54. The Bertz CT molecular complexity index is 1650. The number of ether oxygens (including phenoxy) is 1. The molecule has 0 saturated heterocycles. The van der Waals surface area contributed by atoms with Crippen molar-refractivity contribution in [1.82, 2.24) is 19.4 Å². The first-order valence-corrected chi connectivity index (χ1v) is 10.6.